The monoisotopic (exact) mass is 283 g/mol. The Kier molecular flexibility index (Phi) is 5.34. The van der Waals surface area contributed by atoms with E-state index in [9.17, 15) is 0 Å². The molecule has 0 fully saturated rings. The summed E-state index contributed by atoms with van der Waals surface area (Å²) in [5, 5.41) is 3.49. The molecule has 2 rings (SSSR count). The zero-order chi connectivity index (χ0) is 15.2. The lowest BCUT2D eigenvalue weighted by molar-refractivity contribution is 0.671. The molecule has 3 heteroatoms. The number of aryl methyl sites for hydroxylation is 2. The molecule has 0 amide bonds. The summed E-state index contributed by atoms with van der Waals surface area (Å²) in [6, 6.07) is 12.5. The predicted octanol–water partition coefficient (Wildman–Crippen LogP) is 3.97. The van der Waals surface area contributed by atoms with E-state index in [0.717, 1.165) is 36.7 Å². The van der Waals surface area contributed by atoms with Crippen LogP contribution in [0.2, 0.25) is 0 Å². The number of pyridine rings is 1. The van der Waals surface area contributed by atoms with Crippen LogP contribution in [-0.4, -0.2) is 18.6 Å². The van der Waals surface area contributed by atoms with Gasteiger partial charge in [0.05, 0.1) is 0 Å². The maximum Gasteiger partial charge on any atom is 0.137 e. The standard InChI is InChI=1S/C18H25N3/c1-5-11-19-13-17-14(2)12-15(3)20-18(17)21(4)16-9-7-6-8-10-16/h6-10,12,19H,5,11,13H2,1-4H3. The molecule has 0 saturated carbocycles. The third-order valence-corrected chi connectivity index (χ3v) is 3.64. The Hall–Kier alpha value is -1.87. The Morgan fingerprint density at radius 2 is 1.86 bits per heavy atom. The van der Waals surface area contributed by atoms with Crippen molar-refractivity contribution in [2.45, 2.75) is 33.7 Å². The summed E-state index contributed by atoms with van der Waals surface area (Å²) < 4.78 is 0. The van der Waals surface area contributed by atoms with Crippen molar-refractivity contribution in [3.8, 4) is 0 Å². The molecule has 0 unspecified atom stereocenters. The van der Waals surface area contributed by atoms with Gasteiger partial charge in [-0.3, -0.25) is 0 Å². The van der Waals surface area contributed by atoms with Gasteiger partial charge in [-0.25, -0.2) is 4.98 Å². The third kappa shape index (κ3) is 3.82. The zero-order valence-corrected chi connectivity index (χ0v) is 13.5. The molecule has 2 aromatic rings. The highest BCUT2D eigenvalue weighted by Crippen LogP contribution is 2.27. The molecule has 1 N–H and O–H groups in total. The van der Waals surface area contributed by atoms with Crippen molar-refractivity contribution in [1.29, 1.82) is 0 Å². The summed E-state index contributed by atoms with van der Waals surface area (Å²) >= 11 is 0. The molecular formula is C18H25N3. The van der Waals surface area contributed by atoms with Gasteiger partial charge in [0.25, 0.3) is 0 Å². The average Bonchev–Trinajstić information content (AvgIpc) is 2.49. The molecular weight excluding hydrogens is 258 g/mol. The summed E-state index contributed by atoms with van der Waals surface area (Å²) in [7, 11) is 2.08. The number of nitrogens with zero attached hydrogens (tertiary/aromatic N) is 2. The van der Waals surface area contributed by atoms with Crippen LogP contribution >= 0.6 is 0 Å². The highest BCUT2D eigenvalue weighted by atomic mass is 15.2. The van der Waals surface area contributed by atoms with Gasteiger partial charge in [0, 0.05) is 30.5 Å². The molecule has 0 bridgehead atoms. The van der Waals surface area contributed by atoms with Gasteiger partial charge in [-0.05, 0) is 50.6 Å². The molecule has 0 atom stereocenters. The maximum atomic E-state index is 4.77. The fourth-order valence-electron chi connectivity index (χ4n) is 2.50. The number of aromatic nitrogens is 1. The van der Waals surface area contributed by atoms with Crippen molar-refractivity contribution in [2.24, 2.45) is 0 Å². The lowest BCUT2D eigenvalue weighted by Crippen LogP contribution is -2.20. The number of anilines is 2. The normalized spacial score (nSPS) is 10.7. The van der Waals surface area contributed by atoms with Crippen LogP contribution in [0.3, 0.4) is 0 Å². The summed E-state index contributed by atoms with van der Waals surface area (Å²) in [6.07, 6.45) is 1.14. The van der Waals surface area contributed by atoms with Crippen molar-refractivity contribution in [2.75, 3.05) is 18.5 Å². The second-order valence-corrected chi connectivity index (χ2v) is 5.45. The Labute approximate surface area is 128 Å². The molecule has 0 aliphatic rings. The molecule has 3 nitrogen and oxygen atoms in total. The van der Waals surface area contributed by atoms with Crippen LogP contribution in [0.4, 0.5) is 11.5 Å². The van der Waals surface area contributed by atoms with Gasteiger partial charge in [0.2, 0.25) is 0 Å². The van der Waals surface area contributed by atoms with Gasteiger partial charge >= 0.3 is 0 Å². The second-order valence-electron chi connectivity index (χ2n) is 5.45. The minimum atomic E-state index is 0.861. The van der Waals surface area contributed by atoms with Crippen molar-refractivity contribution < 1.29 is 0 Å². The lowest BCUT2D eigenvalue weighted by Gasteiger charge is -2.23. The molecule has 1 aromatic carbocycles. The van der Waals surface area contributed by atoms with E-state index in [4.69, 9.17) is 4.98 Å². The highest BCUT2D eigenvalue weighted by molar-refractivity contribution is 5.63. The second kappa shape index (κ2) is 7.23. The van der Waals surface area contributed by atoms with Crippen LogP contribution in [-0.2, 0) is 6.54 Å². The molecule has 0 spiro atoms. The Morgan fingerprint density at radius 1 is 1.14 bits per heavy atom. The van der Waals surface area contributed by atoms with Crippen LogP contribution in [0.25, 0.3) is 0 Å². The van der Waals surface area contributed by atoms with E-state index in [0.29, 0.717) is 0 Å². The first kappa shape index (κ1) is 15.5. The lowest BCUT2D eigenvalue weighted by atomic mass is 10.1. The fraction of sp³-hybridized carbons (Fsp3) is 0.389. The van der Waals surface area contributed by atoms with E-state index in [2.05, 4.69) is 68.4 Å². The van der Waals surface area contributed by atoms with E-state index >= 15 is 0 Å². The molecule has 1 aromatic heterocycles. The van der Waals surface area contributed by atoms with E-state index in [1.165, 1.54) is 11.1 Å². The molecule has 112 valence electrons. The Balaban J connectivity index is 2.36. The summed E-state index contributed by atoms with van der Waals surface area (Å²) in [4.78, 5) is 6.94. The molecule has 21 heavy (non-hydrogen) atoms. The van der Waals surface area contributed by atoms with Crippen LogP contribution in [0.5, 0.6) is 0 Å². The van der Waals surface area contributed by atoms with Gasteiger partial charge in [-0.2, -0.15) is 0 Å². The van der Waals surface area contributed by atoms with Crippen LogP contribution in [0.15, 0.2) is 36.4 Å². The first-order chi connectivity index (χ1) is 10.1. The number of nitrogens with one attached hydrogen (secondary N) is 1. The number of rotatable bonds is 6. The van der Waals surface area contributed by atoms with Crippen LogP contribution in [0, 0.1) is 13.8 Å². The summed E-state index contributed by atoms with van der Waals surface area (Å²) in [5.41, 5.74) is 4.79. The molecule has 0 saturated heterocycles. The first-order valence-electron chi connectivity index (χ1n) is 7.60. The van der Waals surface area contributed by atoms with E-state index in [-0.39, 0.29) is 0 Å². The minimum Gasteiger partial charge on any atom is -0.329 e. The number of para-hydroxylation sites is 1. The molecule has 0 radical (unpaired) electrons. The van der Waals surface area contributed by atoms with Gasteiger partial charge in [-0.15, -0.1) is 0 Å². The fourth-order valence-corrected chi connectivity index (χ4v) is 2.50. The van der Waals surface area contributed by atoms with Crippen LogP contribution < -0.4 is 10.2 Å². The minimum absolute atomic E-state index is 0.861. The third-order valence-electron chi connectivity index (χ3n) is 3.64. The summed E-state index contributed by atoms with van der Waals surface area (Å²) in [6.45, 7) is 8.30. The Bertz CT molecular complexity index is 579. The van der Waals surface area contributed by atoms with Gasteiger partial charge in [0.1, 0.15) is 5.82 Å². The SMILES string of the molecule is CCCNCc1c(C)cc(C)nc1N(C)c1ccccc1. The average molecular weight is 283 g/mol. The maximum absolute atomic E-state index is 4.77. The predicted molar refractivity (Wildman–Crippen MR) is 90.2 cm³/mol. The molecule has 1 heterocycles. The zero-order valence-electron chi connectivity index (χ0n) is 13.5. The van der Waals surface area contributed by atoms with E-state index < -0.39 is 0 Å². The largest absolute Gasteiger partial charge is 0.329 e. The van der Waals surface area contributed by atoms with Crippen molar-refractivity contribution in [3.63, 3.8) is 0 Å². The first-order valence-corrected chi connectivity index (χ1v) is 7.60. The van der Waals surface area contributed by atoms with Crippen molar-refractivity contribution >= 4 is 11.5 Å². The smallest absolute Gasteiger partial charge is 0.137 e. The Morgan fingerprint density at radius 3 is 2.52 bits per heavy atom. The number of benzene rings is 1. The van der Waals surface area contributed by atoms with Gasteiger partial charge < -0.3 is 10.2 Å². The highest BCUT2D eigenvalue weighted by Gasteiger charge is 2.13. The number of hydrogen-bond donors (Lipinski definition) is 1. The van der Waals surface area contributed by atoms with Gasteiger partial charge in [-0.1, -0.05) is 25.1 Å². The van der Waals surface area contributed by atoms with Crippen molar-refractivity contribution in [1.82, 2.24) is 10.3 Å². The van der Waals surface area contributed by atoms with E-state index in [1.54, 1.807) is 0 Å². The number of hydrogen-bond acceptors (Lipinski definition) is 3. The molecule has 0 aliphatic carbocycles. The summed E-state index contributed by atoms with van der Waals surface area (Å²) in [5.74, 6) is 1.04. The quantitative estimate of drug-likeness (QED) is 0.813. The topological polar surface area (TPSA) is 28.2 Å². The van der Waals surface area contributed by atoms with Crippen LogP contribution in [0.1, 0.15) is 30.2 Å². The molecule has 0 aliphatic heterocycles. The van der Waals surface area contributed by atoms with Crippen molar-refractivity contribution in [3.05, 3.63) is 53.2 Å². The van der Waals surface area contributed by atoms with Gasteiger partial charge in [0.15, 0.2) is 0 Å². The van der Waals surface area contributed by atoms with E-state index in [1.807, 2.05) is 6.07 Å².